The Bertz CT molecular complexity index is 393. The molecule has 14 heavy (non-hydrogen) atoms. The zero-order valence-electron chi connectivity index (χ0n) is 7.64. The van der Waals surface area contributed by atoms with E-state index < -0.39 is 26.5 Å². The second-order valence-electron chi connectivity index (χ2n) is 4.03. The van der Waals surface area contributed by atoms with Crippen LogP contribution in [0.25, 0.3) is 0 Å². The van der Waals surface area contributed by atoms with Gasteiger partial charge in [0, 0.05) is 0 Å². The fourth-order valence-electron chi connectivity index (χ4n) is 1.81. The quantitative estimate of drug-likeness (QED) is 0.698. The number of carboxylic acids is 1. The minimum absolute atomic E-state index is 0.199. The fourth-order valence-corrected chi connectivity index (χ4v) is 4.36. The van der Waals surface area contributed by atoms with Crippen molar-refractivity contribution in [3.63, 3.8) is 0 Å². The van der Waals surface area contributed by atoms with Crippen molar-refractivity contribution in [1.82, 2.24) is 0 Å². The van der Waals surface area contributed by atoms with Crippen LogP contribution in [0.3, 0.4) is 0 Å². The highest BCUT2D eigenvalue weighted by atomic mass is 32.2. The van der Waals surface area contributed by atoms with E-state index >= 15 is 0 Å². The molecule has 0 aromatic carbocycles. The summed E-state index contributed by atoms with van der Waals surface area (Å²) in [6.07, 6.45) is 2.84. The third kappa shape index (κ3) is 1.11. The Morgan fingerprint density at radius 1 is 1.50 bits per heavy atom. The predicted molar refractivity (Wildman–Crippen MR) is 50.6 cm³/mol. The van der Waals surface area contributed by atoms with Gasteiger partial charge in [-0.1, -0.05) is 6.08 Å². The third-order valence-electron chi connectivity index (χ3n) is 3.09. The van der Waals surface area contributed by atoms with Gasteiger partial charge in [-0.2, -0.15) is 0 Å². The van der Waals surface area contributed by atoms with Crippen molar-refractivity contribution < 1.29 is 18.3 Å². The van der Waals surface area contributed by atoms with Gasteiger partial charge in [-0.15, -0.1) is 6.58 Å². The maximum Gasteiger partial charge on any atom is 0.314 e. The molecule has 1 N–H and O–H groups in total. The maximum atomic E-state index is 11.7. The van der Waals surface area contributed by atoms with Crippen molar-refractivity contribution in [2.45, 2.75) is 29.8 Å². The summed E-state index contributed by atoms with van der Waals surface area (Å²) in [4.78, 5) is 10.9. The number of sulfone groups is 1. The predicted octanol–water partition coefficient (Wildman–Crippen LogP) is 0.593. The van der Waals surface area contributed by atoms with E-state index in [1.54, 1.807) is 0 Å². The smallest absolute Gasteiger partial charge is 0.314 e. The van der Waals surface area contributed by atoms with E-state index in [0.717, 1.165) is 0 Å². The second-order valence-corrected chi connectivity index (χ2v) is 6.44. The van der Waals surface area contributed by atoms with Crippen LogP contribution in [0.2, 0.25) is 0 Å². The Hall–Kier alpha value is -0.840. The van der Waals surface area contributed by atoms with Crippen molar-refractivity contribution in [2.24, 2.45) is 5.41 Å². The molecule has 4 nitrogen and oxygen atoms in total. The van der Waals surface area contributed by atoms with Crippen molar-refractivity contribution in [1.29, 1.82) is 0 Å². The molecule has 0 bridgehead atoms. The summed E-state index contributed by atoms with van der Waals surface area (Å²) < 4.78 is 23.4. The van der Waals surface area contributed by atoms with Gasteiger partial charge in [-0.05, 0) is 19.3 Å². The first kappa shape index (κ1) is 9.71. The Labute approximate surface area is 82.5 Å². The van der Waals surface area contributed by atoms with Crippen LogP contribution in [0.1, 0.15) is 19.3 Å². The first-order valence-electron chi connectivity index (χ1n) is 4.55. The van der Waals surface area contributed by atoms with Crippen LogP contribution in [0.15, 0.2) is 12.7 Å². The SMILES string of the molecule is C=CC1(C(=O)O)CC1S(=O)(=O)C1CC1. The molecule has 0 heterocycles. The molecule has 2 saturated carbocycles. The van der Waals surface area contributed by atoms with Gasteiger partial charge in [0.2, 0.25) is 0 Å². The molecule has 2 unspecified atom stereocenters. The lowest BCUT2D eigenvalue weighted by Gasteiger charge is -2.06. The second kappa shape index (κ2) is 2.59. The summed E-state index contributed by atoms with van der Waals surface area (Å²) in [5.41, 5.74) is -1.19. The van der Waals surface area contributed by atoms with Crippen LogP contribution >= 0.6 is 0 Å². The van der Waals surface area contributed by atoms with E-state index in [4.69, 9.17) is 5.11 Å². The lowest BCUT2D eigenvalue weighted by Crippen LogP contribution is -2.24. The number of rotatable bonds is 4. The third-order valence-corrected chi connectivity index (χ3v) is 5.87. The average Bonchev–Trinajstić information content (AvgIpc) is 2.99. The van der Waals surface area contributed by atoms with Gasteiger partial charge in [-0.3, -0.25) is 4.79 Å². The highest BCUT2D eigenvalue weighted by Crippen LogP contribution is 2.55. The monoisotopic (exact) mass is 216 g/mol. The van der Waals surface area contributed by atoms with Crippen molar-refractivity contribution in [3.8, 4) is 0 Å². The van der Waals surface area contributed by atoms with Crippen LogP contribution < -0.4 is 0 Å². The van der Waals surface area contributed by atoms with Gasteiger partial charge in [-0.25, -0.2) is 8.42 Å². The van der Waals surface area contributed by atoms with E-state index in [9.17, 15) is 13.2 Å². The molecule has 0 spiro atoms. The first-order chi connectivity index (χ1) is 6.45. The molecule has 78 valence electrons. The summed E-state index contributed by atoms with van der Waals surface area (Å²) in [6.45, 7) is 3.41. The molecule has 2 fully saturated rings. The van der Waals surface area contributed by atoms with Gasteiger partial charge >= 0.3 is 5.97 Å². The van der Waals surface area contributed by atoms with Gasteiger partial charge < -0.3 is 5.11 Å². The lowest BCUT2D eigenvalue weighted by molar-refractivity contribution is -0.141. The molecule has 0 saturated heterocycles. The van der Waals surface area contributed by atoms with E-state index in [1.807, 2.05) is 0 Å². The van der Waals surface area contributed by atoms with Crippen molar-refractivity contribution >= 4 is 15.8 Å². The van der Waals surface area contributed by atoms with Crippen molar-refractivity contribution in [2.75, 3.05) is 0 Å². The van der Waals surface area contributed by atoms with Crippen LogP contribution in [0.5, 0.6) is 0 Å². The molecule has 2 atom stereocenters. The number of hydrogen-bond acceptors (Lipinski definition) is 3. The molecule has 0 aliphatic heterocycles. The van der Waals surface area contributed by atoms with Gasteiger partial charge in [0.15, 0.2) is 9.84 Å². The first-order valence-corrected chi connectivity index (χ1v) is 6.16. The van der Waals surface area contributed by atoms with Gasteiger partial charge in [0.25, 0.3) is 0 Å². The standard InChI is InChI=1S/C9H12O4S/c1-2-9(8(10)11)5-7(9)14(12,13)6-3-4-6/h2,6-7H,1,3-5H2,(H,10,11). The molecule has 0 aromatic rings. The van der Waals surface area contributed by atoms with Crippen LogP contribution in [0, 0.1) is 5.41 Å². The molecule has 0 amide bonds. The summed E-state index contributed by atoms with van der Waals surface area (Å²) in [7, 11) is -3.21. The fraction of sp³-hybridized carbons (Fsp3) is 0.667. The topological polar surface area (TPSA) is 71.4 Å². The van der Waals surface area contributed by atoms with E-state index in [0.29, 0.717) is 12.8 Å². The van der Waals surface area contributed by atoms with Crippen LogP contribution in [-0.4, -0.2) is 30.0 Å². The molecule has 2 aliphatic carbocycles. The average molecular weight is 216 g/mol. The maximum absolute atomic E-state index is 11.7. The summed E-state index contributed by atoms with van der Waals surface area (Å²) in [5.74, 6) is -1.07. The summed E-state index contributed by atoms with van der Waals surface area (Å²) in [5, 5.41) is 7.90. The highest BCUT2D eigenvalue weighted by Gasteiger charge is 2.66. The van der Waals surface area contributed by atoms with E-state index in [1.165, 1.54) is 6.08 Å². The Morgan fingerprint density at radius 2 is 2.07 bits per heavy atom. The van der Waals surface area contributed by atoms with E-state index in [-0.39, 0.29) is 11.7 Å². The molecule has 0 radical (unpaired) electrons. The molecule has 5 heteroatoms. The lowest BCUT2D eigenvalue weighted by atomic mass is 10.1. The number of hydrogen-bond donors (Lipinski definition) is 1. The zero-order chi connectivity index (χ0) is 10.6. The molecular weight excluding hydrogens is 204 g/mol. The highest BCUT2D eigenvalue weighted by molar-refractivity contribution is 7.93. The van der Waals surface area contributed by atoms with Crippen molar-refractivity contribution in [3.05, 3.63) is 12.7 Å². The molecule has 2 aliphatic rings. The number of aliphatic carboxylic acids is 1. The minimum Gasteiger partial charge on any atom is -0.481 e. The molecule has 0 aromatic heterocycles. The summed E-state index contributed by atoms with van der Waals surface area (Å²) >= 11 is 0. The summed E-state index contributed by atoms with van der Waals surface area (Å²) in [6, 6.07) is 0. The van der Waals surface area contributed by atoms with Gasteiger partial charge in [0.1, 0.15) is 5.41 Å². The zero-order valence-corrected chi connectivity index (χ0v) is 8.46. The van der Waals surface area contributed by atoms with Crippen LogP contribution in [0.4, 0.5) is 0 Å². The van der Waals surface area contributed by atoms with Crippen LogP contribution in [-0.2, 0) is 14.6 Å². The largest absolute Gasteiger partial charge is 0.481 e. The van der Waals surface area contributed by atoms with Gasteiger partial charge in [0.05, 0.1) is 10.5 Å². The minimum atomic E-state index is -3.21. The Kier molecular flexibility index (Phi) is 1.80. The van der Waals surface area contributed by atoms with E-state index in [2.05, 4.69) is 6.58 Å². The number of carboxylic acid groups (broad SMARTS) is 1. The number of carbonyl (C=O) groups is 1. The normalized spacial score (nSPS) is 36.4. The molecular formula is C9H12O4S. The Morgan fingerprint density at radius 3 is 2.36 bits per heavy atom. The molecule has 2 rings (SSSR count). The Balaban J connectivity index is 2.25.